The van der Waals surface area contributed by atoms with Gasteiger partial charge in [-0.3, -0.25) is 4.79 Å². The number of para-hydroxylation sites is 1. The Hall–Kier alpha value is -3.28. The standard InChI is InChI=1S/C19H17FN4O/c1-24(16-5-3-2-4-6-16)18-12-11-17(22-23-18)19(25)21-13-14-7-9-15(20)10-8-14/h2-12H,13H2,1H3,(H,21,25). The maximum absolute atomic E-state index is 12.9. The molecule has 1 heterocycles. The van der Waals surface area contributed by atoms with Crippen molar-refractivity contribution in [2.75, 3.05) is 11.9 Å². The number of nitrogens with one attached hydrogen (secondary N) is 1. The predicted octanol–water partition coefficient (Wildman–Crippen LogP) is 3.31. The summed E-state index contributed by atoms with van der Waals surface area (Å²) >= 11 is 0. The minimum atomic E-state index is -0.328. The number of carbonyl (C=O) groups is 1. The Morgan fingerprint density at radius 3 is 2.36 bits per heavy atom. The number of carbonyl (C=O) groups excluding carboxylic acids is 1. The van der Waals surface area contributed by atoms with Gasteiger partial charge >= 0.3 is 0 Å². The maximum atomic E-state index is 12.9. The van der Waals surface area contributed by atoms with Crippen LogP contribution in [0.1, 0.15) is 16.1 Å². The third-order valence-corrected chi connectivity index (χ3v) is 3.74. The number of hydrogen-bond acceptors (Lipinski definition) is 4. The molecule has 25 heavy (non-hydrogen) atoms. The average Bonchev–Trinajstić information content (AvgIpc) is 2.67. The van der Waals surface area contributed by atoms with Crippen LogP contribution in [-0.4, -0.2) is 23.2 Å². The highest BCUT2D eigenvalue weighted by Crippen LogP contribution is 2.20. The third-order valence-electron chi connectivity index (χ3n) is 3.74. The SMILES string of the molecule is CN(c1ccccc1)c1ccc(C(=O)NCc2ccc(F)cc2)nn1. The first-order valence-electron chi connectivity index (χ1n) is 7.78. The molecule has 0 bridgehead atoms. The van der Waals surface area contributed by atoms with E-state index in [2.05, 4.69) is 15.5 Å². The normalized spacial score (nSPS) is 10.3. The van der Waals surface area contributed by atoms with E-state index in [-0.39, 0.29) is 17.4 Å². The van der Waals surface area contributed by atoms with Crippen LogP contribution in [0.3, 0.4) is 0 Å². The summed E-state index contributed by atoms with van der Waals surface area (Å²) in [4.78, 5) is 14.0. The van der Waals surface area contributed by atoms with Crippen molar-refractivity contribution in [1.82, 2.24) is 15.5 Å². The fraction of sp³-hybridized carbons (Fsp3) is 0.105. The molecule has 5 nitrogen and oxygen atoms in total. The molecule has 0 aliphatic rings. The minimum absolute atomic E-state index is 0.229. The van der Waals surface area contributed by atoms with Crippen LogP contribution in [0.4, 0.5) is 15.9 Å². The van der Waals surface area contributed by atoms with Gasteiger partial charge in [-0.05, 0) is 42.0 Å². The molecule has 0 fully saturated rings. The highest BCUT2D eigenvalue weighted by molar-refractivity contribution is 5.92. The molecule has 0 spiro atoms. The first-order chi connectivity index (χ1) is 12.1. The van der Waals surface area contributed by atoms with Crippen molar-refractivity contribution < 1.29 is 9.18 Å². The van der Waals surface area contributed by atoms with Gasteiger partial charge in [-0.15, -0.1) is 10.2 Å². The molecule has 126 valence electrons. The van der Waals surface area contributed by atoms with Crippen LogP contribution in [0.5, 0.6) is 0 Å². The summed E-state index contributed by atoms with van der Waals surface area (Å²) in [6.07, 6.45) is 0. The number of hydrogen-bond donors (Lipinski definition) is 1. The Balaban J connectivity index is 1.63. The number of halogens is 1. The number of aromatic nitrogens is 2. The number of nitrogens with zero attached hydrogens (tertiary/aromatic N) is 3. The number of anilines is 2. The lowest BCUT2D eigenvalue weighted by molar-refractivity contribution is 0.0945. The molecule has 0 atom stereocenters. The number of rotatable bonds is 5. The molecule has 0 saturated heterocycles. The Bertz CT molecular complexity index is 836. The van der Waals surface area contributed by atoms with E-state index in [0.717, 1.165) is 11.3 Å². The van der Waals surface area contributed by atoms with Crippen molar-refractivity contribution >= 4 is 17.4 Å². The molecule has 1 aromatic heterocycles. The van der Waals surface area contributed by atoms with Gasteiger partial charge < -0.3 is 10.2 Å². The molecular weight excluding hydrogens is 319 g/mol. The summed E-state index contributed by atoms with van der Waals surface area (Å²) in [6, 6.07) is 19.1. The first-order valence-corrected chi connectivity index (χ1v) is 7.78. The Morgan fingerprint density at radius 1 is 1.00 bits per heavy atom. The third kappa shape index (κ3) is 4.17. The summed E-state index contributed by atoms with van der Waals surface area (Å²) in [5.41, 5.74) is 2.01. The summed E-state index contributed by atoms with van der Waals surface area (Å²) < 4.78 is 12.9. The molecule has 3 rings (SSSR count). The maximum Gasteiger partial charge on any atom is 0.272 e. The highest BCUT2D eigenvalue weighted by atomic mass is 19.1. The Labute approximate surface area is 145 Å². The Kier molecular flexibility index (Phi) is 4.99. The van der Waals surface area contributed by atoms with Gasteiger partial charge in [-0.2, -0.15) is 0 Å². The van der Waals surface area contributed by atoms with E-state index in [1.54, 1.807) is 24.3 Å². The van der Waals surface area contributed by atoms with Crippen LogP contribution in [-0.2, 0) is 6.54 Å². The van der Waals surface area contributed by atoms with E-state index in [1.807, 2.05) is 42.3 Å². The zero-order valence-corrected chi connectivity index (χ0v) is 13.7. The topological polar surface area (TPSA) is 58.1 Å². The molecule has 0 aliphatic carbocycles. The van der Waals surface area contributed by atoms with Crippen LogP contribution in [0.15, 0.2) is 66.7 Å². The minimum Gasteiger partial charge on any atom is -0.347 e. The van der Waals surface area contributed by atoms with Crippen LogP contribution in [0, 0.1) is 5.82 Å². The van der Waals surface area contributed by atoms with E-state index in [4.69, 9.17) is 0 Å². The summed E-state index contributed by atoms with van der Waals surface area (Å²) in [7, 11) is 1.88. The molecule has 0 unspecified atom stereocenters. The molecule has 1 amide bonds. The van der Waals surface area contributed by atoms with Crippen LogP contribution < -0.4 is 10.2 Å². The van der Waals surface area contributed by atoms with Crippen molar-refractivity contribution in [3.63, 3.8) is 0 Å². The van der Waals surface area contributed by atoms with E-state index in [9.17, 15) is 9.18 Å². The molecule has 0 radical (unpaired) electrons. The van der Waals surface area contributed by atoms with Crippen molar-refractivity contribution in [2.24, 2.45) is 0 Å². The molecule has 0 aliphatic heterocycles. The van der Waals surface area contributed by atoms with Gasteiger partial charge in [-0.1, -0.05) is 30.3 Å². The van der Waals surface area contributed by atoms with Gasteiger partial charge in [0.25, 0.3) is 5.91 Å². The molecule has 3 aromatic rings. The van der Waals surface area contributed by atoms with Gasteiger partial charge in [0.15, 0.2) is 11.5 Å². The van der Waals surface area contributed by atoms with Gasteiger partial charge in [0.2, 0.25) is 0 Å². The van der Waals surface area contributed by atoms with Gasteiger partial charge in [0.1, 0.15) is 5.82 Å². The molecule has 0 saturated carbocycles. The van der Waals surface area contributed by atoms with E-state index in [0.29, 0.717) is 12.4 Å². The quantitative estimate of drug-likeness (QED) is 0.776. The zero-order valence-electron chi connectivity index (χ0n) is 13.7. The van der Waals surface area contributed by atoms with Crippen LogP contribution in [0.25, 0.3) is 0 Å². The van der Waals surface area contributed by atoms with Crippen molar-refractivity contribution in [3.8, 4) is 0 Å². The molecule has 2 aromatic carbocycles. The predicted molar refractivity (Wildman–Crippen MR) is 94.1 cm³/mol. The highest BCUT2D eigenvalue weighted by Gasteiger charge is 2.10. The van der Waals surface area contributed by atoms with Gasteiger partial charge in [0.05, 0.1) is 0 Å². The number of benzene rings is 2. The van der Waals surface area contributed by atoms with Crippen LogP contribution >= 0.6 is 0 Å². The largest absolute Gasteiger partial charge is 0.347 e. The van der Waals surface area contributed by atoms with Crippen LogP contribution in [0.2, 0.25) is 0 Å². The molecular formula is C19H17FN4O. The average molecular weight is 336 g/mol. The monoisotopic (exact) mass is 336 g/mol. The first kappa shape index (κ1) is 16.6. The van der Waals surface area contributed by atoms with E-state index in [1.165, 1.54) is 12.1 Å². The van der Waals surface area contributed by atoms with Crippen molar-refractivity contribution in [1.29, 1.82) is 0 Å². The second kappa shape index (κ2) is 7.53. The summed E-state index contributed by atoms with van der Waals surface area (Å²) in [6.45, 7) is 0.298. The fourth-order valence-electron chi connectivity index (χ4n) is 2.28. The second-order valence-corrected chi connectivity index (χ2v) is 5.48. The van der Waals surface area contributed by atoms with E-state index < -0.39 is 0 Å². The smallest absolute Gasteiger partial charge is 0.272 e. The molecule has 6 heteroatoms. The lowest BCUT2D eigenvalue weighted by Crippen LogP contribution is -2.24. The Morgan fingerprint density at radius 2 is 1.72 bits per heavy atom. The van der Waals surface area contributed by atoms with Crippen molar-refractivity contribution in [2.45, 2.75) is 6.54 Å². The zero-order chi connectivity index (χ0) is 17.6. The molecule has 1 N–H and O–H groups in total. The second-order valence-electron chi connectivity index (χ2n) is 5.48. The van der Waals surface area contributed by atoms with Gasteiger partial charge in [-0.25, -0.2) is 4.39 Å². The lowest BCUT2D eigenvalue weighted by Gasteiger charge is -2.17. The summed E-state index contributed by atoms with van der Waals surface area (Å²) in [5.74, 6) is 0.00564. The van der Waals surface area contributed by atoms with Crippen molar-refractivity contribution in [3.05, 3.63) is 83.8 Å². The summed E-state index contributed by atoms with van der Waals surface area (Å²) in [5, 5.41) is 10.8. The number of amides is 1. The fourth-order valence-corrected chi connectivity index (χ4v) is 2.28. The van der Waals surface area contributed by atoms with E-state index >= 15 is 0 Å². The van der Waals surface area contributed by atoms with Gasteiger partial charge in [0, 0.05) is 19.3 Å². The lowest BCUT2D eigenvalue weighted by atomic mass is 10.2.